The van der Waals surface area contributed by atoms with Gasteiger partial charge in [-0.1, -0.05) is 19.9 Å². The van der Waals surface area contributed by atoms with Crippen molar-refractivity contribution in [3.8, 4) is 5.75 Å². The van der Waals surface area contributed by atoms with Crippen molar-refractivity contribution in [2.24, 2.45) is 0 Å². The van der Waals surface area contributed by atoms with Gasteiger partial charge in [-0.25, -0.2) is 0 Å². The highest BCUT2D eigenvalue weighted by atomic mass is 16.5. The molecule has 0 aliphatic heterocycles. The predicted molar refractivity (Wildman–Crippen MR) is 74.6 cm³/mol. The molecule has 0 aliphatic rings. The monoisotopic (exact) mass is 263 g/mol. The molecule has 19 heavy (non-hydrogen) atoms. The van der Waals surface area contributed by atoms with E-state index in [1.807, 2.05) is 33.8 Å². The second-order valence-electron chi connectivity index (χ2n) is 5.38. The molecule has 0 aliphatic carbocycles. The summed E-state index contributed by atoms with van der Waals surface area (Å²) in [6.07, 6.45) is 0.287. The highest BCUT2D eigenvalue weighted by molar-refractivity contribution is 6.23. The molecule has 1 amide bonds. The first-order chi connectivity index (χ1) is 8.81. The summed E-state index contributed by atoms with van der Waals surface area (Å²) in [5.41, 5.74) is 2.97. The minimum atomic E-state index is -0.600. The van der Waals surface area contributed by atoms with Gasteiger partial charge in [0.05, 0.1) is 7.11 Å². The molecule has 4 nitrogen and oxygen atoms in total. The van der Waals surface area contributed by atoms with Crippen LogP contribution in [-0.2, 0) is 15.0 Å². The number of nitrogens with one attached hydrogen (secondary N) is 1. The minimum absolute atomic E-state index is 0.287. The van der Waals surface area contributed by atoms with E-state index in [-0.39, 0.29) is 11.7 Å². The van der Waals surface area contributed by atoms with Gasteiger partial charge in [0.15, 0.2) is 0 Å². The van der Waals surface area contributed by atoms with Gasteiger partial charge in [-0.05, 0) is 31.0 Å². The van der Waals surface area contributed by atoms with Crippen LogP contribution >= 0.6 is 0 Å². The van der Waals surface area contributed by atoms with E-state index in [9.17, 15) is 9.59 Å². The van der Waals surface area contributed by atoms with Gasteiger partial charge in [-0.15, -0.1) is 0 Å². The summed E-state index contributed by atoms with van der Waals surface area (Å²) in [5, 5.41) is 2.60. The molecular weight excluding hydrogens is 242 g/mol. The Balaban J connectivity index is 3.12. The topological polar surface area (TPSA) is 55.4 Å². The number of amides is 1. The molecule has 0 spiro atoms. The molecule has 0 heterocycles. The van der Waals surface area contributed by atoms with Gasteiger partial charge in [0.25, 0.3) is 5.91 Å². The first kappa shape index (κ1) is 15.2. The predicted octanol–water partition coefficient (Wildman–Crippen LogP) is 1.90. The van der Waals surface area contributed by atoms with Crippen molar-refractivity contribution in [3.05, 3.63) is 28.8 Å². The van der Waals surface area contributed by atoms with Crippen LogP contribution in [0.25, 0.3) is 0 Å². The zero-order valence-corrected chi connectivity index (χ0v) is 12.2. The van der Waals surface area contributed by atoms with Crippen molar-refractivity contribution in [1.29, 1.82) is 0 Å². The second kappa shape index (κ2) is 5.87. The molecule has 0 unspecified atom stereocenters. The van der Waals surface area contributed by atoms with Crippen LogP contribution in [0, 0.1) is 13.8 Å². The lowest BCUT2D eigenvalue weighted by atomic mass is 9.80. The van der Waals surface area contributed by atoms with E-state index < -0.39 is 5.91 Å². The molecule has 104 valence electrons. The van der Waals surface area contributed by atoms with E-state index >= 15 is 0 Å². The third-order valence-corrected chi connectivity index (χ3v) is 3.15. The summed E-state index contributed by atoms with van der Waals surface area (Å²) in [5.74, 6) is 0.208. The van der Waals surface area contributed by atoms with Crippen molar-refractivity contribution in [1.82, 2.24) is 5.32 Å². The normalized spacial score (nSPS) is 11.0. The molecule has 0 aromatic heterocycles. The molecule has 0 bridgehead atoms. The average molecular weight is 263 g/mol. The molecule has 0 fully saturated rings. The van der Waals surface area contributed by atoms with Crippen LogP contribution in [-0.4, -0.2) is 25.8 Å². The minimum Gasteiger partial charge on any atom is -0.496 e. The fraction of sp³-hybridized carbons (Fsp3) is 0.467. The maximum atomic E-state index is 11.1. The van der Waals surface area contributed by atoms with Crippen LogP contribution in [0.4, 0.5) is 0 Å². The standard InChI is InChI=1S/C15H21NO3/c1-10-6-11(2)14(12(7-10)19-5)15(3,4)9-16-13(18)8-17/h6-8H,9H2,1-5H3,(H,16,18). The average Bonchev–Trinajstić information content (AvgIpc) is 2.34. The summed E-state index contributed by atoms with van der Waals surface area (Å²) >= 11 is 0. The smallest absolute Gasteiger partial charge is 0.284 e. The molecule has 0 saturated carbocycles. The lowest BCUT2D eigenvalue weighted by Crippen LogP contribution is -2.37. The van der Waals surface area contributed by atoms with Gasteiger partial charge >= 0.3 is 0 Å². The van der Waals surface area contributed by atoms with E-state index in [2.05, 4.69) is 11.4 Å². The van der Waals surface area contributed by atoms with Gasteiger partial charge in [0, 0.05) is 17.5 Å². The quantitative estimate of drug-likeness (QED) is 0.652. The number of hydrogen-bond acceptors (Lipinski definition) is 3. The van der Waals surface area contributed by atoms with E-state index in [4.69, 9.17) is 4.74 Å². The van der Waals surface area contributed by atoms with E-state index in [1.54, 1.807) is 7.11 Å². The SMILES string of the molecule is COc1cc(C)cc(C)c1C(C)(C)CNC(=O)C=O. The molecule has 0 atom stereocenters. The summed E-state index contributed by atoms with van der Waals surface area (Å²) in [7, 11) is 1.64. The lowest BCUT2D eigenvalue weighted by molar-refractivity contribution is -0.131. The van der Waals surface area contributed by atoms with E-state index in [1.165, 1.54) is 0 Å². The zero-order valence-electron chi connectivity index (χ0n) is 12.2. The third kappa shape index (κ3) is 3.56. The number of aryl methyl sites for hydroxylation is 2. The number of carbonyl (C=O) groups is 2. The van der Waals surface area contributed by atoms with Gasteiger partial charge in [-0.2, -0.15) is 0 Å². The molecule has 1 aromatic rings. The summed E-state index contributed by atoms with van der Waals surface area (Å²) in [6.45, 7) is 8.44. The molecule has 4 heteroatoms. The second-order valence-corrected chi connectivity index (χ2v) is 5.38. The number of ether oxygens (including phenoxy) is 1. The Morgan fingerprint density at radius 2 is 2.00 bits per heavy atom. The van der Waals surface area contributed by atoms with Gasteiger partial charge in [0.2, 0.25) is 6.29 Å². The number of rotatable bonds is 5. The van der Waals surface area contributed by atoms with Crippen molar-refractivity contribution >= 4 is 12.2 Å². The summed E-state index contributed by atoms with van der Waals surface area (Å²) < 4.78 is 5.44. The number of carbonyl (C=O) groups excluding carboxylic acids is 2. The van der Waals surface area contributed by atoms with Crippen LogP contribution in [0.3, 0.4) is 0 Å². The Hall–Kier alpha value is -1.84. The maximum Gasteiger partial charge on any atom is 0.284 e. The lowest BCUT2D eigenvalue weighted by Gasteiger charge is -2.29. The summed E-state index contributed by atoms with van der Waals surface area (Å²) in [4.78, 5) is 21.4. The molecule has 1 rings (SSSR count). The number of hydrogen-bond donors (Lipinski definition) is 1. The van der Waals surface area contributed by atoms with Crippen LogP contribution in [0.1, 0.15) is 30.5 Å². The number of aldehydes is 1. The van der Waals surface area contributed by atoms with E-state index in [0.29, 0.717) is 6.54 Å². The van der Waals surface area contributed by atoms with E-state index in [0.717, 1.165) is 22.4 Å². The number of benzene rings is 1. The number of methoxy groups -OCH3 is 1. The van der Waals surface area contributed by atoms with Crippen molar-refractivity contribution in [3.63, 3.8) is 0 Å². The zero-order chi connectivity index (χ0) is 14.6. The van der Waals surface area contributed by atoms with Gasteiger partial charge in [-0.3, -0.25) is 9.59 Å². The van der Waals surface area contributed by atoms with Gasteiger partial charge in [0.1, 0.15) is 5.75 Å². The van der Waals surface area contributed by atoms with Gasteiger partial charge < -0.3 is 10.1 Å². The third-order valence-electron chi connectivity index (χ3n) is 3.15. The van der Waals surface area contributed by atoms with Crippen LogP contribution < -0.4 is 10.1 Å². The Bertz CT molecular complexity index is 492. The maximum absolute atomic E-state index is 11.1. The first-order valence-electron chi connectivity index (χ1n) is 6.20. The Morgan fingerprint density at radius 1 is 1.37 bits per heavy atom. The Kier molecular flexibility index (Phi) is 4.70. The molecule has 0 radical (unpaired) electrons. The Labute approximate surface area is 114 Å². The van der Waals surface area contributed by atoms with Crippen molar-refractivity contribution in [2.45, 2.75) is 33.1 Å². The fourth-order valence-electron chi connectivity index (χ4n) is 2.40. The molecule has 0 saturated heterocycles. The Morgan fingerprint density at radius 3 is 2.53 bits per heavy atom. The van der Waals surface area contributed by atoms with Crippen LogP contribution in [0.15, 0.2) is 12.1 Å². The highest BCUT2D eigenvalue weighted by Gasteiger charge is 2.27. The largest absolute Gasteiger partial charge is 0.496 e. The van der Waals surface area contributed by atoms with Crippen molar-refractivity contribution < 1.29 is 14.3 Å². The molecule has 1 N–H and O–H groups in total. The molecular formula is C15H21NO3. The molecule has 1 aromatic carbocycles. The van der Waals surface area contributed by atoms with Crippen molar-refractivity contribution in [2.75, 3.05) is 13.7 Å². The highest BCUT2D eigenvalue weighted by Crippen LogP contribution is 2.35. The fourth-order valence-corrected chi connectivity index (χ4v) is 2.40. The summed E-state index contributed by atoms with van der Waals surface area (Å²) in [6, 6.07) is 4.06. The first-order valence-corrected chi connectivity index (χ1v) is 6.20. The van der Waals surface area contributed by atoms with Crippen LogP contribution in [0.5, 0.6) is 5.75 Å². The van der Waals surface area contributed by atoms with Crippen LogP contribution in [0.2, 0.25) is 0 Å².